The highest BCUT2D eigenvalue weighted by Gasteiger charge is 2.06. The molecule has 0 aliphatic heterocycles. The Balaban J connectivity index is 3.29. The molecule has 0 spiro atoms. The molecule has 2 unspecified atom stereocenters. The summed E-state index contributed by atoms with van der Waals surface area (Å²) in [5.41, 5.74) is 0. The van der Waals surface area contributed by atoms with E-state index in [1.807, 2.05) is 0 Å². The minimum atomic E-state index is -0.542. The van der Waals surface area contributed by atoms with E-state index in [9.17, 15) is 10.2 Å². The summed E-state index contributed by atoms with van der Waals surface area (Å²) in [6.45, 7) is 4.88. The monoisotopic (exact) mass is 264 g/mol. The van der Waals surface area contributed by atoms with Crippen LogP contribution in [0.4, 0.5) is 0 Å². The fraction of sp³-hybridized carbons (Fsp3) is 1.00. The fourth-order valence-electron chi connectivity index (χ4n) is 1.36. The van der Waals surface area contributed by atoms with Crippen molar-refractivity contribution >= 4 is 0 Å². The lowest BCUT2D eigenvalue weighted by Gasteiger charge is -2.15. The Bertz CT molecular complexity index is 172. The molecule has 5 N–H and O–H groups in total. The molecule has 0 aliphatic rings. The Morgan fingerprint density at radius 3 is 2.39 bits per heavy atom. The molecule has 0 amide bonds. The normalized spacial score (nSPS) is 14.7. The van der Waals surface area contributed by atoms with E-state index < -0.39 is 12.2 Å². The van der Waals surface area contributed by atoms with E-state index in [1.165, 1.54) is 0 Å². The SMILES string of the molecule is CCCCOCC(O)CNCC(O)CNCCO. The summed E-state index contributed by atoms with van der Waals surface area (Å²) in [6, 6.07) is 0. The van der Waals surface area contributed by atoms with Gasteiger partial charge >= 0.3 is 0 Å². The van der Waals surface area contributed by atoms with Gasteiger partial charge in [0.2, 0.25) is 0 Å². The van der Waals surface area contributed by atoms with Gasteiger partial charge in [-0.05, 0) is 6.42 Å². The Morgan fingerprint density at radius 2 is 1.72 bits per heavy atom. The molecule has 0 aromatic carbocycles. The van der Waals surface area contributed by atoms with E-state index in [4.69, 9.17) is 9.84 Å². The number of aliphatic hydroxyl groups is 3. The molecule has 0 fully saturated rings. The van der Waals surface area contributed by atoms with Crippen molar-refractivity contribution in [3.63, 3.8) is 0 Å². The minimum absolute atomic E-state index is 0.0635. The first-order chi connectivity index (χ1) is 8.70. The van der Waals surface area contributed by atoms with Crippen LogP contribution in [0.15, 0.2) is 0 Å². The van der Waals surface area contributed by atoms with E-state index in [0.717, 1.165) is 12.8 Å². The van der Waals surface area contributed by atoms with Crippen LogP contribution in [0.5, 0.6) is 0 Å². The van der Waals surface area contributed by atoms with Crippen LogP contribution in [-0.4, -0.2) is 73.5 Å². The van der Waals surface area contributed by atoms with Crippen LogP contribution in [0.3, 0.4) is 0 Å². The van der Waals surface area contributed by atoms with E-state index in [0.29, 0.717) is 39.4 Å². The van der Waals surface area contributed by atoms with E-state index >= 15 is 0 Å². The highest BCUT2D eigenvalue weighted by molar-refractivity contribution is 4.65. The summed E-state index contributed by atoms with van der Waals surface area (Å²) < 4.78 is 5.28. The first-order valence-corrected chi connectivity index (χ1v) is 6.66. The zero-order valence-electron chi connectivity index (χ0n) is 11.3. The molecule has 0 saturated carbocycles. The van der Waals surface area contributed by atoms with Gasteiger partial charge in [-0.15, -0.1) is 0 Å². The van der Waals surface area contributed by atoms with Crippen molar-refractivity contribution in [3.8, 4) is 0 Å². The van der Waals surface area contributed by atoms with Crippen LogP contribution in [0.2, 0.25) is 0 Å². The molecule has 0 aliphatic carbocycles. The lowest BCUT2D eigenvalue weighted by molar-refractivity contribution is 0.0342. The van der Waals surface area contributed by atoms with Gasteiger partial charge in [0.15, 0.2) is 0 Å². The zero-order chi connectivity index (χ0) is 13.6. The smallest absolute Gasteiger partial charge is 0.0897 e. The lowest BCUT2D eigenvalue weighted by atomic mass is 10.3. The number of hydrogen-bond acceptors (Lipinski definition) is 6. The van der Waals surface area contributed by atoms with Crippen molar-refractivity contribution in [2.75, 3.05) is 46.0 Å². The number of nitrogens with one attached hydrogen (secondary N) is 2. The summed E-state index contributed by atoms with van der Waals surface area (Å²) in [5.74, 6) is 0. The van der Waals surface area contributed by atoms with Crippen LogP contribution in [0.25, 0.3) is 0 Å². The maximum atomic E-state index is 9.56. The standard InChI is InChI=1S/C12H28N2O4/c1-2-3-6-18-10-12(17)9-14-8-11(16)7-13-4-5-15/h11-17H,2-10H2,1H3. The van der Waals surface area contributed by atoms with Crippen molar-refractivity contribution in [1.82, 2.24) is 10.6 Å². The van der Waals surface area contributed by atoms with Crippen LogP contribution in [0.1, 0.15) is 19.8 Å². The van der Waals surface area contributed by atoms with Crippen LogP contribution in [0, 0.1) is 0 Å². The van der Waals surface area contributed by atoms with Gasteiger partial charge < -0.3 is 30.7 Å². The van der Waals surface area contributed by atoms with Gasteiger partial charge in [-0.25, -0.2) is 0 Å². The van der Waals surface area contributed by atoms with Gasteiger partial charge in [-0.3, -0.25) is 0 Å². The quantitative estimate of drug-likeness (QED) is 0.265. The molecular formula is C12H28N2O4. The molecular weight excluding hydrogens is 236 g/mol. The zero-order valence-corrected chi connectivity index (χ0v) is 11.3. The number of ether oxygens (including phenoxy) is 1. The minimum Gasteiger partial charge on any atom is -0.395 e. The molecule has 0 aromatic rings. The number of rotatable bonds is 13. The molecule has 18 heavy (non-hydrogen) atoms. The fourth-order valence-corrected chi connectivity index (χ4v) is 1.36. The van der Waals surface area contributed by atoms with E-state index in [-0.39, 0.29) is 6.61 Å². The number of unbranched alkanes of at least 4 members (excludes halogenated alkanes) is 1. The summed E-state index contributed by atoms with van der Waals surface area (Å²) >= 11 is 0. The molecule has 0 bridgehead atoms. The van der Waals surface area contributed by atoms with Gasteiger partial charge in [0.25, 0.3) is 0 Å². The van der Waals surface area contributed by atoms with Crippen molar-refractivity contribution in [1.29, 1.82) is 0 Å². The van der Waals surface area contributed by atoms with Crippen molar-refractivity contribution in [2.24, 2.45) is 0 Å². The summed E-state index contributed by atoms with van der Waals surface area (Å²) in [5, 5.41) is 33.5. The summed E-state index contributed by atoms with van der Waals surface area (Å²) in [7, 11) is 0. The number of hydrogen-bond donors (Lipinski definition) is 5. The summed E-state index contributed by atoms with van der Waals surface area (Å²) in [4.78, 5) is 0. The third-order valence-corrected chi connectivity index (χ3v) is 2.38. The van der Waals surface area contributed by atoms with Gasteiger partial charge in [0.05, 0.1) is 25.4 Å². The second-order valence-electron chi connectivity index (χ2n) is 4.32. The Morgan fingerprint density at radius 1 is 1.06 bits per heavy atom. The van der Waals surface area contributed by atoms with Crippen LogP contribution in [-0.2, 0) is 4.74 Å². The second-order valence-corrected chi connectivity index (χ2v) is 4.32. The Labute approximate surface area is 109 Å². The first-order valence-electron chi connectivity index (χ1n) is 6.66. The maximum Gasteiger partial charge on any atom is 0.0897 e. The average molecular weight is 264 g/mol. The predicted molar refractivity (Wildman–Crippen MR) is 70.6 cm³/mol. The first kappa shape index (κ1) is 17.8. The highest BCUT2D eigenvalue weighted by Crippen LogP contribution is 1.90. The topological polar surface area (TPSA) is 94.0 Å². The molecule has 0 heterocycles. The van der Waals surface area contributed by atoms with E-state index in [1.54, 1.807) is 0 Å². The molecule has 0 aromatic heterocycles. The van der Waals surface area contributed by atoms with Crippen molar-refractivity contribution < 1.29 is 20.1 Å². The van der Waals surface area contributed by atoms with Crippen LogP contribution >= 0.6 is 0 Å². The van der Waals surface area contributed by atoms with Crippen molar-refractivity contribution in [3.05, 3.63) is 0 Å². The van der Waals surface area contributed by atoms with Crippen LogP contribution < -0.4 is 10.6 Å². The van der Waals surface area contributed by atoms with E-state index in [2.05, 4.69) is 17.6 Å². The second kappa shape index (κ2) is 13.2. The third-order valence-electron chi connectivity index (χ3n) is 2.38. The molecule has 2 atom stereocenters. The number of aliphatic hydroxyl groups excluding tert-OH is 3. The Kier molecular flexibility index (Phi) is 13.0. The average Bonchev–Trinajstić information content (AvgIpc) is 2.35. The lowest BCUT2D eigenvalue weighted by Crippen LogP contribution is -2.39. The van der Waals surface area contributed by atoms with Gasteiger partial charge in [-0.1, -0.05) is 13.3 Å². The maximum absolute atomic E-state index is 9.56. The highest BCUT2D eigenvalue weighted by atomic mass is 16.5. The Hall–Kier alpha value is -0.240. The molecule has 0 saturated heterocycles. The third kappa shape index (κ3) is 12.2. The summed E-state index contributed by atoms with van der Waals surface area (Å²) in [6.07, 6.45) is 1.03. The molecule has 110 valence electrons. The van der Waals surface area contributed by atoms with Crippen molar-refractivity contribution in [2.45, 2.75) is 32.0 Å². The molecule has 0 rings (SSSR count). The molecule has 0 radical (unpaired) electrons. The van der Waals surface area contributed by atoms with Gasteiger partial charge in [0, 0.05) is 32.8 Å². The van der Waals surface area contributed by atoms with Gasteiger partial charge in [0.1, 0.15) is 0 Å². The molecule has 6 heteroatoms. The molecule has 6 nitrogen and oxygen atoms in total. The predicted octanol–water partition coefficient (Wildman–Crippen LogP) is -1.30. The van der Waals surface area contributed by atoms with Gasteiger partial charge in [-0.2, -0.15) is 0 Å². The largest absolute Gasteiger partial charge is 0.395 e.